The highest BCUT2D eigenvalue weighted by Crippen LogP contribution is 2.31. The van der Waals surface area contributed by atoms with Crippen molar-refractivity contribution < 1.29 is 24.1 Å². The molecule has 0 amide bonds. The van der Waals surface area contributed by atoms with Gasteiger partial charge in [-0.2, -0.15) is 4.98 Å². The predicted octanol–water partition coefficient (Wildman–Crippen LogP) is 0.806. The molecule has 0 aliphatic rings. The van der Waals surface area contributed by atoms with E-state index in [1.807, 2.05) is 0 Å². The third-order valence-electron chi connectivity index (χ3n) is 1.76. The molecule has 6 heteroatoms. The second kappa shape index (κ2) is 4.50. The number of carbonyl (C=O) groups is 1. The van der Waals surface area contributed by atoms with Crippen LogP contribution in [0, 0.1) is 0 Å². The van der Waals surface area contributed by atoms with Gasteiger partial charge in [0.1, 0.15) is 5.56 Å². The first kappa shape index (κ1) is 11.1. The molecular weight excluding hydrogens is 202 g/mol. The van der Waals surface area contributed by atoms with Gasteiger partial charge in [-0.05, 0) is 0 Å². The van der Waals surface area contributed by atoms with Gasteiger partial charge in [0.2, 0.25) is 5.88 Å². The zero-order valence-corrected chi connectivity index (χ0v) is 8.60. The van der Waals surface area contributed by atoms with Crippen LogP contribution in [0.2, 0.25) is 0 Å². The molecule has 0 aliphatic heterocycles. The van der Waals surface area contributed by atoms with Crippen molar-refractivity contribution in [2.75, 3.05) is 21.3 Å². The van der Waals surface area contributed by atoms with Crippen LogP contribution in [-0.4, -0.2) is 37.4 Å². The van der Waals surface area contributed by atoms with Gasteiger partial charge in [0.15, 0.2) is 5.75 Å². The number of rotatable bonds is 4. The lowest BCUT2D eigenvalue weighted by atomic mass is 10.2. The van der Waals surface area contributed by atoms with E-state index in [-0.39, 0.29) is 23.1 Å². The van der Waals surface area contributed by atoms with E-state index in [0.29, 0.717) is 0 Å². The topological polar surface area (TPSA) is 77.9 Å². The van der Waals surface area contributed by atoms with Crippen LogP contribution in [0.3, 0.4) is 0 Å². The quantitative estimate of drug-likeness (QED) is 0.797. The standard InChI is InChI=1S/C9H11NO5/c1-13-6-4-5(9(11)12)7(14-2)8(10-6)15-3/h4H,1-3H3,(H,11,12). The van der Waals surface area contributed by atoms with Crippen molar-refractivity contribution in [2.24, 2.45) is 0 Å². The fourth-order valence-electron chi connectivity index (χ4n) is 1.09. The van der Waals surface area contributed by atoms with Gasteiger partial charge in [-0.15, -0.1) is 0 Å². The van der Waals surface area contributed by atoms with E-state index in [1.165, 1.54) is 27.4 Å². The Balaban J connectivity index is 3.39. The molecule has 1 heterocycles. The Hall–Kier alpha value is -1.98. The third-order valence-corrected chi connectivity index (χ3v) is 1.76. The Bertz CT molecular complexity index is 377. The predicted molar refractivity (Wildman–Crippen MR) is 50.9 cm³/mol. The molecule has 1 aromatic rings. The highest BCUT2D eigenvalue weighted by molar-refractivity contribution is 5.92. The SMILES string of the molecule is COc1cc(C(=O)O)c(OC)c(OC)n1. The molecule has 0 spiro atoms. The molecule has 15 heavy (non-hydrogen) atoms. The van der Waals surface area contributed by atoms with E-state index in [1.54, 1.807) is 0 Å². The van der Waals surface area contributed by atoms with Crippen molar-refractivity contribution in [1.29, 1.82) is 0 Å². The van der Waals surface area contributed by atoms with Gasteiger partial charge < -0.3 is 19.3 Å². The van der Waals surface area contributed by atoms with Crippen LogP contribution in [0.1, 0.15) is 10.4 Å². The van der Waals surface area contributed by atoms with Crippen molar-refractivity contribution in [1.82, 2.24) is 4.98 Å². The highest BCUT2D eigenvalue weighted by atomic mass is 16.5. The van der Waals surface area contributed by atoms with E-state index in [4.69, 9.17) is 19.3 Å². The number of nitrogens with zero attached hydrogens (tertiary/aromatic N) is 1. The summed E-state index contributed by atoms with van der Waals surface area (Å²) in [6, 6.07) is 1.27. The Labute approximate surface area is 86.4 Å². The second-order valence-corrected chi connectivity index (χ2v) is 2.56. The average molecular weight is 213 g/mol. The minimum absolute atomic E-state index is 0.0544. The number of methoxy groups -OCH3 is 3. The molecule has 0 aliphatic carbocycles. The summed E-state index contributed by atoms with van der Waals surface area (Å²) in [5.74, 6) is -0.823. The molecule has 0 atom stereocenters. The Kier molecular flexibility index (Phi) is 3.33. The molecular formula is C9H11NO5. The van der Waals surface area contributed by atoms with E-state index >= 15 is 0 Å². The number of hydrogen-bond donors (Lipinski definition) is 1. The van der Waals surface area contributed by atoms with E-state index < -0.39 is 5.97 Å². The molecule has 1 aromatic heterocycles. The highest BCUT2D eigenvalue weighted by Gasteiger charge is 2.19. The van der Waals surface area contributed by atoms with Crippen molar-refractivity contribution in [3.63, 3.8) is 0 Å². The molecule has 0 fully saturated rings. The van der Waals surface area contributed by atoms with Gasteiger partial charge in [-0.3, -0.25) is 0 Å². The Morgan fingerprint density at radius 1 is 1.27 bits per heavy atom. The Morgan fingerprint density at radius 2 is 1.93 bits per heavy atom. The van der Waals surface area contributed by atoms with Crippen molar-refractivity contribution >= 4 is 5.97 Å². The van der Waals surface area contributed by atoms with Crippen LogP contribution in [0.5, 0.6) is 17.5 Å². The van der Waals surface area contributed by atoms with Gasteiger partial charge in [0.05, 0.1) is 21.3 Å². The normalized spacial score (nSPS) is 9.53. The van der Waals surface area contributed by atoms with Gasteiger partial charge in [0, 0.05) is 6.07 Å². The minimum Gasteiger partial charge on any atom is -0.491 e. The van der Waals surface area contributed by atoms with Crippen molar-refractivity contribution in [3.05, 3.63) is 11.6 Å². The number of aromatic nitrogens is 1. The maximum atomic E-state index is 10.9. The molecule has 0 bridgehead atoms. The van der Waals surface area contributed by atoms with Gasteiger partial charge in [-0.25, -0.2) is 4.79 Å². The lowest BCUT2D eigenvalue weighted by Gasteiger charge is -2.10. The summed E-state index contributed by atoms with van der Waals surface area (Å²) < 4.78 is 14.6. The van der Waals surface area contributed by atoms with Crippen LogP contribution in [0.25, 0.3) is 0 Å². The first-order valence-corrected chi connectivity index (χ1v) is 4.04. The summed E-state index contributed by atoms with van der Waals surface area (Å²) >= 11 is 0. The smallest absolute Gasteiger partial charge is 0.339 e. The zero-order valence-electron chi connectivity index (χ0n) is 8.60. The van der Waals surface area contributed by atoms with Crippen LogP contribution in [-0.2, 0) is 0 Å². The van der Waals surface area contributed by atoms with Gasteiger partial charge in [-0.1, -0.05) is 0 Å². The molecule has 0 radical (unpaired) electrons. The first-order valence-electron chi connectivity index (χ1n) is 4.04. The largest absolute Gasteiger partial charge is 0.491 e. The molecule has 1 rings (SSSR count). The van der Waals surface area contributed by atoms with Gasteiger partial charge in [0.25, 0.3) is 5.88 Å². The summed E-state index contributed by atoms with van der Waals surface area (Å²) in [6.07, 6.45) is 0. The maximum absolute atomic E-state index is 10.9. The van der Waals surface area contributed by atoms with E-state index in [2.05, 4.69) is 4.98 Å². The third kappa shape index (κ3) is 2.09. The summed E-state index contributed by atoms with van der Waals surface area (Å²) in [5, 5.41) is 8.92. The molecule has 82 valence electrons. The maximum Gasteiger partial charge on any atom is 0.339 e. The summed E-state index contributed by atoms with van der Waals surface area (Å²) in [5.41, 5.74) is -0.0544. The molecule has 0 unspecified atom stereocenters. The minimum atomic E-state index is -1.13. The summed E-state index contributed by atoms with van der Waals surface area (Å²) in [6.45, 7) is 0. The summed E-state index contributed by atoms with van der Waals surface area (Å²) in [4.78, 5) is 14.8. The number of hydrogen-bond acceptors (Lipinski definition) is 5. The van der Waals surface area contributed by atoms with E-state index in [0.717, 1.165) is 0 Å². The van der Waals surface area contributed by atoms with Gasteiger partial charge >= 0.3 is 5.97 Å². The monoisotopic (exact) mass is 213 g/mol. The number of carboxylic acid groups (broad SMARTS) is 1. The van der Waals surface area contributed by atoms with Crippen molar-refractivity contribution in [2.45, 2.75) is 0 Å². The lowest BCUT2D eigenvalue weighted by Crippen LogP contribution is -2.05. The molecule has 0 saturated carbocycles. The Morgan fingerprint density at radius 3 is 2.33 bits per heavy atom. The molecule has 0 aromatic carbocycles. The van der Waals surface area contributed by atoms with Crippen LogP contribution in [0.15, 0.2) is 6.07 Å². The second-order valence-electron chi connectivity index (χ2n) is 2.56. The van der Waals surface area contributed by atoms with Crippen LogP contribution >= 0.6 is 0 Å². The van der Waals surface area contributed by atoms with E-state index in [9.17, 15) is 4.79 Å². The molecule has 0 saturated heterocycles. The number of carboxylic acids is 1. The number of aromatic carboxylic acids is 1. The molecule has 1 N–H and O–H groups in total. The number of pyridine rings is 1. The fraction of sp³-hybridized carbons (Fsp3) is 0.333. The average Bonchev–Trinajstić information content (AvgIpc) is 2.26. The molecule has 6 nitrogen and oxygen atoms in total. The van der Waals surface area contributed by atoms with Crippen molar-refractivity contribution in [3.8, 4) is 17.5 Å². The lowest BCUT2D eigenvalue weighted by molar-refractivity contribution is 0.0691. The first-order chi connectivity index (χ1) is 7.13. The van der Waals surface area contributed by atoms with Crippen LogP contribution in [0.4, 0.5) is 0 Å². The zero-order chi connectivity index (χ0) is 11.4. The number of ether oxygens (including phenoxy) is 3. The van der Waals surface area contributed by atoms with Crippen LogP contribution < -0.4 is 14.2 Å². The summed E-state index contributed by atoms with van der Waals surface area (Å²) in [7, 11) is 4.11. The fourth-order valence-corrected chi connectivity index (χ4v) is 1.09.